The third-order valence-corrected chi connectivity index (χ3v) is 4.88. The van der Waals surface area contributed by atoms with Gasteiger partial charge >= 0.3 is 0 Å². The minimum Gasteiger partial charge on any atom is -0.497 e. The Morgan fingerprint density at radius 3 is 2.31 bits per heavy atom. The van der Waals surface area contributed by atoms with Gasteiger partial charge in [-0.05, 0) is 53.1 Å². The highest BCUT2D eigenvalue weighted by Gasteiger charge is 2.15. The molecule has 2 heterocycles. The number of aromatic amines is 1. The fourth-order valence-corrected chi connectivity index (χ4v) is 3.39. The molecule has 0 saturated heterocycles. The van der Waals surface area contributed by atoms with E-state index in [1.165, 1.54) is 17.7 Å². The maximum Gasteiger partial charge on any atom is 0.123 e. The van der Waals surface area contributed by atoms with E-state index in [2.05, 4.69) is 15.3 Å². The van der Waals surface area contributed by atoms with Crippen LogP contribution in [0.25, 0.3) is 22.3 Å². The average Bonchev–Trinajstić information content (AvgIpc) is 3.19. The number of aromatic nitrogens is 2. The van der Waals surface area contributed by atoms with Crippen molar-refractivity contribution >= 4 is 0 Å². The van der Waals surface area contributed by atoms with Crippen LogP contribution in [-0.2, 0) is 13.1 Å². The molecule has 0 bridgehead atoms. The molecule has 0 aliphatic carbocycles. The van der Waals surface area contributed by atoms with E-state index in [9.17, 15) is 4.39 Å². The van der Waals surface area contributed by atoms with Crippen molar-refractivity contribution in [3.8, 4) is 28.0 Å². The molecule has 2 aromatic carbocycles. The maximum absolute atomic E-state index is 13.5. The minimum atomic E-state index is -0.242. The standard InChI is InChI=1S/C24H22FN3O/c1-29-21-8-2-17(3-9-21)14-27-16-23-24(19-4-6-20(25)7-5-19)22(15-28-23)18-10-12-26-13-11-18/h2-13,15,27-28H,14,16H2,1H3. The summed E-state index contributed by atoms with van der Waals surface area (Å²) in [5, 5.41) is 3.48. The van der Waals surface area contributed by atoms with E-state index in [0.29, 0.717) is 6.54 Å². The van der Waals surface area contributed by atoms with Gasteiger partial charge in [0.05, 0.1) is 7.11 Å². The van der Waals surface area contributed by atoms with Crippen molar-refractivity contribution in [3.05, 3.63) is 96.3 Å². The molecule has 0 unspecified atom stereocenters. The van der Waals surface area contributed by atoms with Gasteiger partial charge in [-0.15, -0.1) is 0 Å². The molecule has 2 aromatic heterocycles. The van der Waals surface area contributed by atoms with Gasteiger partial charge in [0.25, 0.3) is 0 Å². The SMILES string of the molecule is COc1ccc(CNCc2[nH]cc(-c3ccncc3)c2-c2ccc(F)cc2)cc1. The van der Waals surface area contributed by atoms with Crippen LogP contribution in [-0.4, -0.2) is 17.1 Å². The van der Waals surface area contributed by atoms with E-state index in [1.54, 1.807) is 19.5 Å². The second kappa shape index (κ2) is 8.71. The second-order valence-corrected chi connectivity index (χ2v) is 6.75. The van der Waals surface area contributed by atoms with Crippen LogP contribution < -0.4 is 10.1 Å². The minimum absolute atomic E-state index is 0.242. The zero-order valence-corrected chi connectivity index (χ0v) is 16.2. The summed E-state index contributed by atoms with van der Waals surface area (Å²) < 4.78 is 18.7. The van der Waals surface area contributed by atoms with E-state index in [1.807, 2.05) is 54.7 Å². The van der Waals surface area contributed by atoms with E-state index >= 15 is 0 Å². The highest BCUT2D eigenvalue weighted by molar-refractivity contribution is 5.85. The molecule has 146 valence electrons. The fourth-order valence-electron chi connectivity index (χ4n) is 3.39. The number of methoxy groups -OCH3 is 1. The van der Waals surface area contributed by atoms with Gasteiger partial charge in [-0.2, -0.15) is 0 Å². The molecule has 29 heavy (non-hydrogen) atoms. The van der Waals surface area contributed by atoms with E-state index < -0.39 is 0 Å². The summed E-state index contributed by atoms with van der Waals surface area (Å²) in [6, 6.07) is 18.6. The number of hydrogen-bond acceptors (Lipinski definition) is 3. The third kappa shape index (κ3) is 4.36. The highest BCUT2D eigenvalue weighted by Crippen LogP contribution is 2.35. The lowest BCUT2D eigenvalue weighted by molar-refractivity contribution is 0.414. The van der Waals surface area contributed by atoms with Gasteiger partial charge in [-0.25, -0.2) is 4.39 Å². The lowest BCUT2D eigenvalue weighted by atomic mass is 9.97. The zero-order chi connectivity index (χ0) is 20.1. The van der Waals surface area contributed by atoms with Crippen molar-refractivity contribution < 1.29 is 9.13 Å². The summed E-state index contributed by atoms with van der Waals surface area (Å²) >= 11 is 0. The van der Waals surface area contributed by atoms with Crippen LogP contribution in [0, 0.1) is 5.82 Å². The van der Waals surface area contributed by atoms with Crippen LogP contribution in [0.1, 0.15) is 11.3 Å². The molecule has 0 radical (unpaired) electrons. The lowest BCUT2D eigenvalue weighted by Crippen LogP contribution is -2.13. The summed E-state index contributed by atoms with van der Waals surface area (Å²) in [4.78, 5) is 7.50. The van der Waals surface area contributed by atoms with E-state index in [0.717, 1.165) is 40.2 Å². The van der Waals surface area contributed by atoms with Crippen LogP contribution >= 0.6 is 0 Å². The van der Waals surface area contributed by atoms with Crippen LogP contribution in [0.3, 0.4) is 0 Å². The van der Waals surface area contributed by atoms with Gasteiger partial charge in [0.1, 0.15) is 11.6 Å². The predicted octanol–water partition coefficient (Wildman–Crippen LogP) is 5.18. The number of H-pyrrole nitrogens is 1. The molecular weight excluding hydrogens is 365 g/mol. The topological polar surface area (TPSA) is 49.9 Å². The summed E-state index contributed by atoms with van der Waals surface area (Å²) in [5.41, 5.74) is 6.41. The molecule has 0 spiro atoms. The van der Waals surface area contributed by atoms with Gasteiger partial charge in [0, 0.05) is 48.5 Å². The Labute approximate surface area is 169 Å². The Balaban J connectivity index is 1.59. The number of hydrogen-bond donors (Lipinski definition) is 2. The smallest absolute Gasteiger partial charge is 0.123 e. The lowest BCUT2D eigenvalue weighted by Gasteiger charge is -2.10. The quantitative estimate of drug-likeness (QED) is 0.459. The number of ether oxygens (including phenoxy) is 1. The first-order valence-electron chi connectivity index (χ1n) is 9.45. The van der Waals surface area contributed by atoms with Crippen LogP contribution in [0.15, 0.2) is 79.3 Å². The Hall–Kier alpha value is -3.44. The van der Waals surface area contributed by atoms with Gasteiger partial charge < -0.3 is 15.0 Å². The van der Waals surface area contributed by atoms with Crippen molar-refractivity contribution in [2.45, 2.75) is 13.1 Å². The van der Waals surface area contributed by atoms with Crippen molar-refractivity contribution in [1.29, 1.82) is 0 Å². The summed E-state index contributed by atoms with van der Waals surface area (Å²) in [6.07, 6.45) is 5.55. The molecule has 2 N–H and O–H groups in total. The van der Waals surface area contributed by atoms with Crippen LogP contribution in [0.2, 0.25) is 0 Å². The first kappa shape index (κ1) is 18.9. The van der Waals surface area contributed by atoms with Crippen LogP contribution in [0.5, 0.6) is 5.75 Å². The normalized spacial score (nSPS) is 10.8. The van der Waals surface area contributed by atoms with Crippen molar-refractivity contribution in [1.82, 2.24) is 15.3 Å². The van der Waals surface area contributed by atoms with Gasteiger partial charge in [-0.1, -0.05) is 24.3 Å². The molecular formula is C24H22FN3O. The summed E-state index contributed by atoms with van der Waals surface area (Å²) in [7, 11) is 1.66. The van der Waals surface area contributed by atoms with Crippen LogP contribution in [0.4, 0.5) is 4.39 Å². The molecule has 0 aliphatic rings. The number of rotatable bonds is 7. The highest BCUT2D eigenvalue weighted by atomic mass is 19.1. The molecule has 0 atom stereocenters. The second-order valence-electron chi connectivity index (χ2n) is 6.75. The monoisotopic (exact) mass is 387 g/mol. The van der Waals surface area contributed by atoms with Gasteiger partial charge in [-0.3, -0.25) is 4.98 Å². The number of pyridine rings is 1. The Morgan fingerprint density at radius 1 is 0.897 bits per heavy atom. The maximum atomic E-state index is 13.5. The number of benzene rings is 2. The predicted molar refractivity (Wildman–Crippen MR) is 113 cm³/mol. The largest absolute Gasteiger partial charge is 0.497 e. The van der Waals surface area contributed by atoms with E-state index in [4.69, 9.17) is 4.74 Å². The summed E-state index contributed by atoms with van der Waals surface area (Å²) in [6.45, 7) is 1.39. The van der Waals surface area contributed by atoms with Crippen molar-refractivity contribution in [2.24, 2.45) is 0 Å². The number of halogens is 1. The first-order chi connectivity index (χ1) is 14.2. The van der Waals surface area contributed by atoms with Crippen molar-refractivity contribution in [3.63, 3.8) is 0 Å². The van der Waals surface area contributed by atoms with Gasteiger partial charge in [0.2, 0.25) is 0 Å². The Kier molecular flexibility index (Phi) is 5.68. The molecule has 4 nitrogen and oxygen atoms in total. The molecule has 0 saturated carbocycles. The fraction of sp³-hybridized carbons (Fsp3) is 0.125. The Bertz CT molecular complexity index is 1060. The molecule has 4 rings (SSSR count). The number of nitrogens with one attached hydrogen (secondary N) is 2. The molecule has 5 heteroatoms. The Morgan fingerprint density at radius 2 is 1.62 bits per heavy atom. The first-order valence-corrected chi connectivity index (χ1v) is 9.45. The molecule has 0 aliphatic heterocycles. The molecule has 0 amide bonds. The summed E-state index contributed by atoms with van der Waals surface area (Å²) in [5.74, 6) is 0.604. The van der Waals surface area contributed by atoms with E-state index in [-0.39, 0.29) is 5.82 Å². The third-order valence-electron chi connectivity index (χ3n) is 4.88. The van der Waals surface area contributed by atoms with Gasteiger partial charge in [0.15, 0.2) is 0 Å². The molecule has 0 fully saturated rings. The van der Waals surface area contributed by atoms with Crippen molar-refractivity contribution in [2.75, 3.05) is 7.11 Å². The number of nitrogens with zero attached hydrogens (tertiary/aromatic N) is 1. The zero-order valence-electron chi connectivity index (χ0n) is 16.2. The molecule has 4 aromatic rings. The average molecular weight is 387 g/mol.